The topological polar surface area (TPSA) is 50.7 Å². The number of rotatable bonds is 7. The molecule has 1 aliphatic heterocycles. The van der Waals surface area contributed by atoms with E-state index in [9.17, 15) is 0 Å². The molecular formula is C11H23NO3. The lowest BCUT2D eigenvalue weighted by Gasteiger charge is -2.23. The maximum absolute atomic E-state index is 9.02. The third kappa shape index (κ3) is 5.47. The lowest BCUT2D eigenvalue weighted by molar-refractivity contribution is -0.0461. The van der Waals surface area contributed by atoms with Gasteiger partial charge in [-0.15, -0.1) is 0 Å². The number of aliphatic hydroxyl groups excluding tert-OH is 1. The Morgan fingerprint density at radius 1 is 1.53 bits per heavy atom. The second kappa shape index (κ2) is 8.05. The first-order valence-electron chi connectivity index (χ1n) is 5.90. The third-order valence-corrected chi connectivity index (χ3v) is 2.61. The van der Waals surface area contributed by atoms with E-state index in [4.69, 9.17) is 14.6 Å². The van der Waals surface area contributed by atoms with E-state index in [1.54, 1.807) is 0 Å². The molecule has 4 nitrogen and oxygen atoms in total. The largest absolute Gasteiger partial charge is 0.395 e. The quantitative estimate of drug-likeness (QED) is 0.653. The lowest BCUT2D eigenvalue weighted by atomic mass is 10.1. The SMILES string of the molecule is CCNC(CO)COCC1CCCCO1. The van der Waals surface area contributed by atoms with Gasteiger partial charge in [0.05, 0.1) is 32.0 Å². The Morgan fingerprint density at radius 2 is 2.40 bits per heavy atom. The van der Waals surface area contributed by atoms with E-state index in [1.807, 2.05) is 6.92 Å². The Bertz CT molecular complexity index is 144. The van der Waals surface area contributed by atoms with Crippen LogP contribution in [0.2, 0.25) is 0 Å². The molecule has 0 aromatic heterocycles. The first-order chi connectivity index (χ1) is 7.36. The number of hydrogen-bond donors (Lipinski definition) is 2. The molecular weight excluding hydrogens is 194 g/mol. The number of hydrogen-bond acceptors (Lipinski definition) is 4. The van der Waals surface area contributed by atoms with E-state index < -0.39 is 0 Å². The molecule has 0 amide bonds. The van der Waals surface area contributed by atoms with Gasteiger partial charge < -0.3 is 19.9 Å². The second-order valence-corrected chi connectivity index (χ2v) is 3.96. The van der Waals surface area contributed by atoms with E-state index in [0.29, 0.717) is 13.2 Å². The minimum atomic E-state index is 0.0543. The highest BCUT2D eigenvalue weighted by molar-refractivity contribution is 4.66. The van der Waals surface area contributed by atoms with E-state index >= 15 is 0 Å². The van der Waals surface area contributed by atoms with Crippen molar-refractivity contribution < 1.29 is 14.6 Å². The first-order valence-corrected chi connectivity index (χ1v) is 5.90. The van der Waals surface area contributed by atoms with Crippen LogP contribution in [0.5, 0.6) is 0 Å². The normalized spacial score (nSPS) is 24.0. The minimum Gasteiger partial charge on any atom is -0.395 e. The van der Waals surface area contributed by atoms with Crippen LogP contribution in [0.15, 0.2) is 0 Å². The number of aliphatic hydroxyl groups is 1. The van der Waals surface area contributed by atoms with Crippen LogP contribution in [0.25, 0.3) is 0 Å². The fourth-order valence-corrected chi connectivity index (χ4v) is 1.75. The molecule has 2 unspecified atom stereocenters. The predicted octanol–water partition coefficient (Wildman–Crippen LogP) is 0.542. The molecule has 0 aromatic carbocycles. The first kappa shape index (κ1) is 12.9. The molecule has 0 spiro atoms. The molecule has 1 heterocycles. The fourth-order valence-electron chi connectivity index (χ4n) is 1.75. The zero-order valence-electron chi connectivity index (χ0n) is 9.58. The van der Waals surface area contributed by atoms with Crippen molar-refractivity contribution in [3.05, 3.63) is 0 Å². The summed E-state index contributed by atoms with van der Waals surface area (Å²) >= 11 is 0. The molecule has 15 heavy (non-hydrogen) atoms. The molecule has 2 N–H and O–H groups in total. The Labute approximate surface area is 92.0 Å². The van der Waals surface area contributed by atoms with Gasteiger partial charge in [-0.05, 0) is 25.8 Å². The summed E-state index contributed by atoms with van der Waals surface area (Å²) in [5, 5.41) is 12.2. The minimum absolute atomic E-state index is 0.0543. The molecule has 2 atom stereocenters. The highest BCUT2D eigenvalue weighted by Gasteiger charge is 2.14. The highest BCUT2D eigenvalue weighted by Crippen LogP contribution is 2.12. The van der Waals surface area contributed by atoms with Crippen molar-refractivity contribution in [1.29, 1.82) is 0 Å². The van der Waals surface area contributed by atoms with E-state index in [1.165, 1.54) is 12.8 Å². The van der Waals surface area contributed by atoms with Crippen molar-refractivity contribution >= 4 is 0 Å². The molecule has 0 radical (unpaired) electrons. The lowest BCUT2D eigenvalue weighted by Crippen LogP contribution is -2.37. The average Bonchev–Trinajstić information content (AvgIpc) is 2.29. The van der Waals surface area contributed by atoms with Gasteiger partial charge in [-0.2, -0.15) is 0 Å². The summed E-state index contributed by atoms with van der Waals surface area (Å²) in [4.78, 5) is 0. The van der Waals surface area contributed by atoms with Gasteiger partial charge in [0, 0.05) is 6.61 Å². The van der Waals surface area contributed by atoms with Crippen molar-refractivity contribution in [2.45, 2.75) is 38.3 Å². The van der Waals surface area contributed by atoms with Gasteiger partial charge in [0.1, 0.15) is 0 Å². The van der Waals surface area contributed by atoms with Crippen LogP contribution >= 0.6 is 0 Å². The fraction of sp³-hybridized carbons (Fsp3) is 1.00. The Kier molecular flexibility index (Phi) is 6.92. The molecule has 0 aromatic rings. The zero-order chi connectivity index (χ0) is 10.9. The summed E-state index contributed by atoms with van der Waals surface area (Å²) in [5.74, 6) is 0. The maximum Gasteiger partial charge on any atom is 0.0808 e. The monoisotopic (exact) mass is 217 g/mol. The number of likely N-dealkylation sites (N-methyl/N-ethyl adjacent to an activating group) is 1. The van der Waals surface area contributed by atoms with Crippen molar-refractivity contribution in [3.63, 3.8) is 0 Å². The van der Waals surface area contributed by atoms with E-state index in [0.717, 1.165) is 19.6 Å². The van der Waals surface area contributed by atoms with Crippen molar-refractivity contribution in [3.8, 4) is 0 Å². The maximum atomic E-state index is 9.02. The van der Waals surface area contributed by atoms with Gasteiger partial charge >= 0.3 is 0 Å². The molecule has 0 aliphatic carbocycles. The number of ether oxygens (including phenoxy) is 2. The molecule has 90 valence electrons. The third-order valence-electron chi connectivity index (χ3n) is 2.61. The summed E-state index contributed by atoms with van der Waals surface area (Å²) < 4.78 is 11.1. The average molecular weight is 217 g/mol. The summed E-state index contributed by atoms with van der Waals surface area (Å²) in [6, 6.07) is 0.0543. The summed E-state index contributed by atoms with van der Waals surface area (Å²) in [5.41, 5.74) is 0. The van der Waals surface area contributed by atoms with Crippen LogP contribution in [-0.2, 0) is 9.47 Å². The van der Waals surface area contributed by atoms with Gasteiger partial charge in [0.25, 0.3) is 0 Å². The van der Waals surface area contributed by atoms with E-state index in [2.05, 4.69) is 5.32 Å². The predicted molar refractivity (Wildman–Crippen MR) is 59.0 cm³/mol. The zero-order valence-corrected chi connectivity index (χ0v) is 9.58. The van der Waals surface area contributed by atoms with Crippen molar-refractivity contribution in [2.24, 2.45) is 0 Å². The Hall–Kier alpha value is -0.160. The van der Waals surface area contributed by atoms with Crippen LogP contribution in [-0.4, -0.2) is 50.2 Å². The highest BCUT2D eigenvalue weighted by atomic mass is 16.5. The molecule has 1 rings (SSSR count). The summed E-state index contributed by atoms with van der Waals surface area (Å²) in [7, 11) is 0. The van der Waals surface area contributed by atoms with Gasteiger partial charge in [-0.1, -0.05) is 6.92 Å². The van der Waals surface area contributed by atoms with Crippen LogP contribution in [0.1, 0.15) is 26.2 Å². The van der Waals surface area contributed by atoms with Gasteiger partial charge in [0.15, 0.2) is 0 Å². The molecule has 1 aliphatic rings. The van der Waals surface area contributed by atoms with E-state index in [-0.39, 0.29) is 18.8 Å². The van der Waals surface area contributed by atoms with Crippen LogP contribution in [0.3, 0.4) is 0 Å². The van der Waals surface area contributed by atoms with Gasteiger partial charge in [0.2, 0.25) is 0 Å². The van der Waals surface area contributed by atoms with Crippen molar-refractivity contribution in [2.75, 3.05) is 33.0 Å². The molecule has 1 saturated heterocycles. The standard InChI is InChI=1S/C11H23NO3/c1-2-12-10(7-13)8-14-9-11-5-3-4-6-15-11/h10-13H,2-9H2,1H3. The van der Waals surface area contributed by atoms with Crippen LogP contribution in [0, 0.1) is 0 Å². The van der Waals surface area contributed by atoms with Gasteiger partial charge in [-0.25, -0.2) is 0 Å². The molecule has 0 bridgehead atoms. The van der Waals surface area contributed by atoms with Gasteiger partial charge in [-0.3, -0.25) is 0 Å². The number of nitrogens with one attached hydrogen (secondary N) is 1. The Balaban J connectivity index is 2.03. The smallest absolute Gasteiger partial charge is 0.0808 e. The molecule has 1 fully saturated rings. The molecule has 4 heteroatoms. The van der Waals surface area contributed by atoms with Crippen LogP contribution in [0.4, 0.5) is 0 Å². The summed E-state index contributed by atoms with van der Waals surface area (Å²) in [6.45, 7) is 5.08. The van der Waals surface area contributed by atoms with Crippen molar-refractivity contribution in [1.82, 2.24) is 5.32 Å². The molecule has 0 saturated carbocycles. The second-order valence-electron chi connectivity index (χ2n) is 3.96. The Morgan fingerprint density at radius 3 is 3.00 bits per heavy atom. The summed E-state index contributed by atoms with van der Waals surface area (Å²) in [6.07, 6.45) is 3.78. The van der Waals surface area contributed by atoms with Crippen LogP contribution < -0.4 is 5.32 Å².